The molecule has 1 aromatic rings. The second-order valence-electron chi connectivity index (χ2n) is 3.24. The molecular formula is C10H10ClN3O3. The lowest BCUT2D eigenvalue weighted by atomic mass is 10.2. The Morgan fingerprint density at radius 3 is 2.94 bits per heavy atom. The Morgan fingerprint density at radius 1 is 1.65 bits per heavy atom. The number of ether oxygens (including phenoxy) is 1. The first-order valence-corrected chi connectivity index (χ1v) is 5.14. The van der Waals surface area contributed by atoms with Gasteiger partial charge < -0.3 is 10.5 Å². The number of non-ortho nitro benzene ring substituents is 1. The third-order valence-corrected chi connectivity index (χ3v) is 2.29. The molecule has 0 fully saturated rings. The van der Waals surface area contributed by atoms with E-state index >= 15 is 0 Å². The molecule has 0 saturated heterocycles. The van der Waals surface area contributed by atoms with E-state index < -0.39 is 11.0 Å². The fourth-order valence-corrected chi connectivity index (χ4v) is 1.25. The molecule has 0 saturated carbocycles. The molecule has 1 rings (SSSR count). The van der Waals surface area contributed by atoms with Crippen LogP contribution in [0.15, 0.2) is 18.2 Å². The van der Waals surface area contributed by atoms with Gasteiger partial charge in [0.05, 0.1) is 34.7 Å². The molecule has 0 bridgehead atoms. The Balaban J connectivity index is 2.67. The van der Waals surface area contributed by atoms with Crippen LogP contribution in [0.3, 0.4) is 0 Å². The number of nitriles is 1. The predicted octanol–water partition coefficient (Wildman–Crippen LogP) is 1.87. The molecule has 6 nitrogen and oxygen atoms in total. The van der Waals surface area contributed by atoms with Crippen LogP contribution in [-0.2, 0) is 0 Å². The van der Waals surface area contributed by atoms with Gasteiger partial charge in [0.25, 0.3) is 5.69 Å². The molecule has 0 spiro atoms. The molecule has 0 radical (unpaired) electrons. The maximum Gasteiger partial charge on any atom is 0.273 e. The second kappa shape index (κ2) is 6.03. The summed E-state index contributed by atoms with van der Waals surface area (Å²) in [6, 6.07) is 5.15. The van der Waals surface area contributed by atoms with E-state index in [-0.39, 0.29) is 23.1 Å². The third kappa shape index (κ3) is 3.90. The lowest BCUT2D eigenvalue weighted by Crippen LogP contribution is -2.20. The Labute approximate surface area is 103 Å². The van der Waals surface area contributed by atoms with Crippen molar-refractivity contribution in [2.24, 2.45) is 5.73 Å². The number of nitrogens with zero attached hydrogens (tertiary/aromatic N) is 2. The maximum absolute atomic E-state index is 10.5. The molecule has 17 heavy (non-hydrogen) atoms. The summed E-state index contributed by atoms with van der Waals surface area (Å²) < 4.78 is 5.23. The monoisotopic (exact) mass is 255 g/mol. The van der Waals surface area contributed by atoms with Gasteiger partial charge in [-0.05, 0) is 6.07 Å². The highest BCUT2D eigenvalue weighted by atomic mass is 35.5. The average Bonchev–Trinajstić information content (AvgIpc) is 2.30. The van der Waals surface area contributed by atoms with Crippen LogP contribution in [0.5, 0.6) is 5.75 Å². The molecule has 7 heteroatoms. The fraction of sp³-hybridized carbons (Fsp3) is 0.300. The SMILES string of the molecule is N#CC(N)CCOc1cc([N+](=O)[O-])ccc1Cl. The first-order valence-electron chi connectivity index (χ1n) is 4.76. The summed E-state index contributed by atoms with van der Waals surface area (Å²) in [6.07, 6.45) is 0.329. The van der Waals surface area contributed by atoms with Gasteiger partial charge in [-0.1, -0.05) is 11.6 Å². The molecule has 0 aliphatic carbocycles. The van der Waals surface area contributed by atoms with Gasteiger partial charge in [-0.15, -0.1) is 0 Å². The Bertz CT molecular complexity index is 459. The molecule has 0 aliphatic heterocycles. The van der Waals surface area contributed by atoms with Crippen molar-refractivity contribution in [1.82, 2.24) is 0 Å². The van der Waals surface area contributed by atoms with E-state index in [1.54, 1.807) is 0 Å². The van der Waals surface area contributed by atoms with E-state index in [9.17, 15) is 10.1 Å². The standard InChI is InChI=1S/C10H10ClN3O3/c11-9-2-1-8(14(15)16)5-10(9)17-4-3-7(13)6-12/h1-2,5,7H,3-4,13H2. The van der Waals surface area contributed by atoms with Crippen molar-refractivity contribution in [3.63, 3.8) is 0 Å². The van der Waals surface area contributed by atoms with Gasteiger partial charge in [0, 0.05) is 12.5 Å². The highest BCUT2D eigenvalue weighted by molar-refractivity contribution is 6.32. The zero-order chi connectivity index (χ0) is 12.8. The van der Waals surface area contributed by atoms with E-state index in [0.717, 1.165) is 0 Å². The summed E-state index contributed by atoms with van der Waals surface area (Å²) in [4.78, 5) is 10.00. The van der Waals surface area contributed by atoms with Crippen LogP contribution in [0, 0.1) is 21.4 Å². The quantitative estimate of drug-likeness (QED) is 0.639. The van der Waals surface area contributed by atoms with Crippen molar-refractivity contribution in [3.8, 4) is 11.8 Å². The number of nitro groups is 1. The molecule has 0 aromatic heterocycles. The molecule has 0 aliphatic rings. The minimum Gasteiger partial charge on any atom is -0.492 e. The molecule has 2 N–H and O–H groups in total. The second-order valence-corrected chi connectivity index (χ2v) is 3.65. The van der Waals surface area contributed by atoms with Crippen molar-refractivity contribution in [2.75, 3.05) is 6.61 Å². The molecule has 1 atom stereocenters. The van der Waals surface area contributed by atoms with E-state index in [2.05, 4.69) is 0 Å². The van der Waals surface area contributed by atoms with Crippen LogP contribution in [0.2, 0.25) is 5.02 Å². The molecule has 1 unspecified atom stereocenters. The third-order valence-electron chi connectivity index (χ3n) is 1.98. The Morgan fingerprint density at radius 2 is 2.35 bits per heavy atom. The molecule has 0 amide bonds. The number of halogens is 1. The fourth-order valence-electron chi connectivity index (χ4n) is 1.08. The first-order chi connectivity index (χ1) is 8.04. The number of nitrogens with two attached hydrogens (primary N) is 1. The summed E-state index contributed by atoms with van der Waals surface area (Å²) in [5.41, 5.74) is 5.27. The van der Waals surface area contributed by atoms with Crippen LogP contribution in [0.4, 0.5) is 5.69 Å². The van der Waals surface area contributed by atoms with Crippen LogP contribution in [0.1, 0.15) is 6.42 Å². The predicted molar refractivity (Wildman–Crippen MR) is 61.8 cm³/mol. The minimum atomic E-state index is -0.618. The minimum absolute atomic E-state index is 0.103. The normalized spacial score (nSPS) is 11.6. The number of benzene rings is 1. The summed E-state index contributed by atoms with van der Waals surface area (Å²) in [6.45, 7) is 0.176. The van der Waals surface area contributed by atoms with Crippen LogP contribution in [0.25, 0.3) is 0 Å². The Kier molecular flexibility index (Phi) is 4.69. The van der Waals surface area contributed by atoms with Gasteiger partial charge in [-0.2, -0.15) is 5.26 Å². The highest BCUT2D eigenvalue weighted by Crippen LogP contribution is 2.28. The zero-order valence-electron chi connectivity index (χ0n) is 8.80. The Hall–Kier alpha value is -1.84. The topological polar surface area (TPSA) is 102 Å². The van der Waals surface area contributed by atoms with Gasteiger partial charge in [-0.25, -0.2) is 0 Å². The molecule has 90 valence electrons. The van der Waals surface area contributed by atoms with Crippen molar-refractivity contribution >= 4 is 17.3 Å². The van der Waals surface area contributed by atoms with E-state index in [1.807, 2.05) is 6.07 Å². The van der Waals surface area contributed by atoms with Gasteiger partial charge in [-0.3, -0.25) is 10.1 Å². The first kappa shape index (κ1) is 13.2. The number of hydrogen-bond donors (Lipinski definition) is 1. The van der Waals surface area contributed by atoms with Crippen molar-refractivity contribution in [2.45, 2.75) is 12.5 Å². The smallest absolute Gasteiger partial charge is 0.273 e. The summed E-state index contributed by atoms with van der Waals surface area (Å²) in [7, 11) is 0. The van der Waals surface area contributed by atoms with Gasteiger partial charge in [0.1, 0.15) is 5.75 Å². The lowest BCUT2D eigenvalue weighted by molar-refractivity contribution is -0.384. The lowest BCUT2D eigenvalue weighted by Gasteiger charge is -2.08. The van der Waals surface area contributed by atoms with Crippen molar-refractivity contribution in [3.05, 3.63) is 33.3 Å². The highest BCUT2D eigenvalue weighted by Gasteiger charge is 2.11. The summed E-state index contributed by atoms with van der Waals surface area (Å²) in [5, 5.41) is 19.3. The maximum atomic E-state index is 10.5. The van der Waals surface area contributed by atoms with Gasteiger partial charge in [0.15, 0.2) is 0 Å². The number of rotatable bonds is 5. The number of nitro benzene ring substituents is 1. The van der Waals surface area contributed by atoms with Gasteiger partial charge >= 0.3 is 0 Å². The summed E-state index contributed by atoms with van der Waals surface area (Å²) >= 11 is 5.81. The number of hydrogen-bond acceptors (Lipinski definition) is 5. The van der Waals surface area contributed by atoms with Crippen LogP contribution >= 0.6 is 11.6 Å². The average molecular weight is 256 g/mol. The van der Waals surface area contributed by atoms with E-state index in [1.165, 1.54) is 18.2 Å². The molecule has 0 heterocycles. The van der Waals surface area contributed by atoms with Crippen molar-refractivity contribution in [1.29, 1.82) is 5.26 Å². The van der Waals surface area contributed by atoms with E-state index in [0.29, 0.717) is 6.42 Å². The molecule has 1 aromatic carbocycles. The van der Waals surface area contributed by atoms with E-state index in [4.69, 9.17) is 27.3 Å². The van der Waals surface area contributed by atoms with Crippen molar-refractivity contribution < 1.29 is 9.66 Å². The van der Waals surface area contributed by atoms with Gasteiger partial charge in [0.2, 0.25) is 0 Å². The van der Waals surface area contributed by atoms with Crippen LogP contribution < -0.4 is 10.5 Å². The molecular weight excluding hydrogens is 246 g/mol. The zero-order valence-corrected chi connectivity index (χ0v) is 9.55. The van der Waals surface area contributed by atoms with Crippen LogP contribution in [-0.4, -0.2) is 17.6 Å². The summed E-state index contributed by atoms with van der Waals surface area (Å²) in [5.74, 6) is 0.214. The largest absolute Gasteiger partial charge is 0.492 e.